The first-order chi connectivity index (χ1) is 9.13. The van der Waals surface area contributed by atoms with Gasteiger partial charge in [0.05, 0.1) is 11.5 Å². The fourth-order valence-corrected chi connectivity index (χ4v) is 4.36. The molecule has 19 heavy (non-hydrogen) atoms. The Bertz CT molecular complexity index is 425. The molecule has 0 aliphatic heterocycles. The van der Waals surface area contributed by atoms with Gasteiger partial charge in [-0.05, 0) is 68.6 Å². The number of hydrogen-bond acceptors (Lipinski definition) is 1. The third kappa shape index (κ3) is 2.76. The van der Waals surface area contributed by atoms with Gasteiger partial charge in [0.2, 0.25) is 0 Å². The maximum atomic E-state index is 6.72. The van der Waals surface area contributed by atoms with E-state index in [1.54, 1.807) is 0 Å². The number of alkyl halides is 1. The van der Waals surface area contributed by atoms with Crippen LogP contribution < -0.4 is 4.74 Å². The summed E-state index contributed by atoms with van der Waals surface area (Å²) in [6.07, 6.45) is 5.81. The zero-order valence-electron chi connectivity index (χ0n) is 11.8. The smallest absolute Gasteiger partial charge is 0.119 e. The molecule has 2 saturated carbocycles. The Morgan fingerprint density at radius 2 is 1.84 bits per heavy atom. The third-order valence-electron chi connectivity index (χ3n) is 4.74. The minimum atomic E-state index is 0.184. The highest BCUT2D eigenvalue weighted by atomic mass is 35.5. The van der Waals surface area contributed by atoms with Crippen LogP contribution in [0.2, 0.25) is 0 Å². The van der Waals surface area contributed by atoms with Gasteiger partial charge in [0.25, 0.3) is 0 Å². The van der Waals surface area contributed by atoms with Crippen molar-refractivity contribution in [2.75, 3.05) is 0 Å². The van der Waals surface area contributed by atoms with Crippen molar-refractivity contribution >= 4 is 11.6 Å². The van der Waals surface area contributed by atoms with Crippen molar-refractivity contribution in [3.8, 4) is 5.75 Å². The molecule has 2 aliphatic carbocycles. The Morgan fingerprint density at radius 3 is 2.37 bits per heavy atom. The zero-order chi connectivity index (χ0) is 13.4. The van der Waals surface area contributed by atoms with Crippen LogP contribution in [0.15, 0.2) is 24.3 Å². The standard InChI is InChI=1S/C17H23ClO/c1-11(2)19-15-7-5-13(6-8-15)17(18)16-10-12-3-4-14(16)9-12/h5-8,11-12,14,16-17H,3-4,9-10H2,1-2H3. The van der Waals surface area contributed by atoms with E-state index in [1.807, 2.05) is 13.8 Å². The van der Waals surface area contributed by atoms with Crippen molar-refractivity contribution in [3.63, 3.8) is 0 Å². The fraction of sp³-hybridized carbons (Fsp3) is 0.647. The van der Waals surface area contributed by atoms with E-state index >= 15 is 0 Å². The van der Waals surface area contributed by atoms with Crippen molar-refractivity contribution in [1.82, 2.24) is 0 Å². The summed E-state index contributed by atoms with van der Waals surface area (Å²) in [7, 11) is 0. The van der Waals surface area contributed by atoms with Crippen molar-refractivity contribution in [2.24, 2.45) is 17.8 Å². The van der Waals surface area contributed by atoms with Gasteiger partial charge in [-0.1, -0.05) is 18.6 Å². The van der Waals surface area contributed by atoms with E-state index in [-0.39, 0.29) is 11.5 Å². The largest absolute Gasteiger partial charge is 0.491 e. The van der Waals surface area contributed by atoms with Gasteiger partial charge in [0.15, 0.2) is 0 Å². The maximum absolute atomic E-state index is 6.72. The molecule has 0 spiro atoms. The molecule has 2 heteroatoms. The summed E-state index contributed by atoms with van der Waals surface area (Å²) in [6, 6.07) is 8.39. The lowest BCUT2D eigenvalue weighted by molar-refractivity contribution is 0.242. The summed E-state index contributed by atoms with van der Waals surface area (Å²) < 4.78 is 5.68. The highest BCUT2D eigenvalue weighted by Gasteiger charge is 2.42. The third-order valence-corrected chi connectivity index (χ3v) is 5.31. The second-order valence-electron chi connectivity index (χ2n) is 6.48. The molecule has 0 N–H and O–H groups in total. The van der Waals surface area contributed by atoms with E-state index < -0.39 is 0 Å². The number of fused-ring (bicyclic) bond motifs is 2. The lowest BCUT2D eigenvalue weighted by atomic mass is 9.84. The molecular weight excluding hydrogens is 256 g/mol. The number of rotatable bonds is 4. The monoisotopic (exact) mass is 278 g/mol. The van der Waals surface area contributed by atoms with Crippen LogP contribution >= 0.6 is 11.6 Å². The molecule has 1 nitrogen and oxygen atoms in total. The summed E-state index contributed by atoms with van der Waals surface area (Å²) in [5.74, 6) is 3.46. The molecule has 0 aromatic heterocycles. The molecule has 4 atom stereocenters. The predicted octanol–water partition coefficient (Wildman–Crippen LogP) is 5.19. The van der Waals surface area contributed by atoms with Crippen LogP contribution in [0.25, 0.3) is 0 Å². The molecule has 0 radical (unpaired) electrons. The number of ether oxygens (including phenoxy) is 1. The maximum Gasteiger partial charge on any atom is 0.119 e. The molecule has 2 bridgehead atoms. The van der Waals surface area contributed by atoms with Gasteiger partial charge >= 0.3 is 0 Å². The lowest BCUT2D eigenvalue weighted by Crippen LogP contribution is -2.15. The summed E-state index contributed by atoms with van der Waals surface area (Å²) in [5, 5.41) is 0.184. The zero-order valence-corrected chi connectivity index (χ0v) is 12.6. The van der Waals surface area contributed by atoms with Crippen molar-refractivity contribution in [3.05, 3.63) is 29.8 Å². The molecule has 2 aliphatic rings. The van der Waals surface area contributed by atoms with E-state index in [1.165, 1.54) is 31.2 Å². The molecule has 0 heterocycles. The van der Waals surface area contributed by atoms with Gasteiger partial charge in [-0.25, -0.2) is 0 Å². The normalized spacial score (nSPS) is 30.8. The first-order valence-corrected chi connectivity index (χ1v) is 7.98. The Balaban J connectivity index is 1.68. The quantitative estimate of drug-likeness (QED) is 0.689. The summed E-state index contributed by atoms with van der Waals surface area (Å²) >= 11 is 6.72. The molecule has 0 saturated heterocycles. The van der Waals surface area contributed by atoms with Gasteiger partial charge in [0.1, 0.15) is 5.75 Å². The number of hydrogen-bond donors (Lipinski definition) is 0. The van der Waals surface area contributed by atoms with Crippen LogP contribution in [0.3, 0.4) is 0 Å². The molecule has 1 aromatic rings. The average molecular weight is 279 g/mol. The van der Waals surface area contributed by atoms with E-state index in [2.05, 4.69) is 24.3 Å². The second-order valence-corrected chi connectivity index (χ2v) is 6.95. The van der Waals surface area contributed by atoms with E-state index in [4.69, 9.17) is 16.3 Å². The summed E-state index contributed by atoms with van der Waals surface area (Å²) in [5.41, 5.74) is 1.26. The Labute approximate surface area is 121 Å². The molecule has 0 amide bonds. The Morgan fingerprint density at radius 1 is 1.11 bits per heavy atom. The summed E-state index contributed by atoms with van der Waals surface area (Å²) in [4.78, 5) is 0. The minimum Gasteiger partial charge on any atom is -0.491 e. The molecule has 104 valence electrons. The van der Waals surface area contributed by atoms with E-state index in [0.29, 0.717) is 5.92 Å². The van der Waals surface area contributed by atoms with E-state index in [0.717, 1.165) is 17.6 Å². The van der Waals surface area contributed by atoms with Crippen LogP contribution in [0.4, 0.5) is 0 Å². The first-order valence-electron chi connectivity index (χ1n) is 7.54. The van der Waals surface area contributed by atoms with Gasteiger partial charge < -0.3 is 4.74 Å². The molecule has 1 aromatic carbocycles. The highest BCUT2D eigenvalue weighted by Crippen LogP contribution is 2.54. The topological polar surface area (TPSA) is 9.23 Å². The van der Waals surface area contributed by atoms with Crippen molar-refractivity contribution in [1.29, 1.82) is 0 Å². The van der Waals surface area contributed by atoms with Gasteiger partial charge in [-0.3, -0.25) is 0 Å². The van der Waals surface area contributed by atoms with E-state index in [9.17, 15) is 0 Å². The fourth-order valence-electron chi connectivity index (χ4n) is 3.90. The van der Waals surface area contributed by atoms with Gasteiger partial charge in [-0.2, -0.15) is 0 Å². The molecule has 4 unspecified atom stereocenters. The van der Waals surface area contributed by atoms with Crippen LogP contribution in [0, 0.1) is 17.8 Å². The van der Waals surface area contributed by atoms with Gasteiger partial charge in [0, 0.05) is 0 Å². The highest BCUT2D eigenvalue weighted by molar-refractivity contribution is 6.21. The lowest BCUT2D eigenvalue weighted by Gasteiger charge is -2.26. The van der Waals surface area contributed by atoms with Crippen LogP contribution in [-0.2, 0) is 0 Å². The van der Waals surface area contributed by atoms with Crippen molar-refractivity contribution in [2.45, 2.75) is 51.0 Å². The SMILES string of the molecule is CC(C)Oc1ccc(C(Cl)C2CC3CCC2C3)cc1. The van der Waals surface area contributed by atoms with Gasteiger partial charge in [-0.15, -0.1) is 11.6 Å². The second kappa shape index (κ2) is 5.36. The minimum absolute atomic E-state index is 0.184. The Hall–Kier alpha value is -0.690. The Kier molecular flexibility index (Phi) is 3.75. The summed E-state index contributed by atoms with van der Waals surface area (Å²) in [6.45, 7) is 4.10. The number of halogens is 1. The molecular formula is C17H23ClO. The first kappa shape index (κ1) is 13.3. The average Bonchev–Trinajstić information content (AvgIpc) is 3.00. The van der Waals surface area contributed by atoms with Crippen LogP contribution in [0.1, 0.15) is 50.5 Å². The molecule has 2 fully saturated rings. The predicted molar refractivity (Wildman–Crippen MR) is 79.7 cm³/mol. The molecule has 3 rings (SSSR count). The van der Waals surface area contributed by atoms with Crippen LogP contribution in [0.5, 0.6) is 5.75 Å². The van der Waals surface area contributed by atoms with Crippen molar-refractivity contribution < 1.29 is 4.74 Å². The van der Waals surface area contributed by atoms with Crippen LogP contribution in [-0.4, -0.2) is 6.10 Å². The number of benzene rings is 1.